The Morgan fingerprint density at radius 2 is 1.64 bits per heavy atom. The molecule has 0 radical (unpaired) electrons. The average Bonchev–Trinajstić information content (AvgIpc) is 2.29. The largest absolute Gasteiger partial charge is 0.0654 e. The maximum Gasteiger partial charge on any atom is -0.0363 e. The van der Waals surface area contributed by atoms with Crippen LogP contribution in [0.5, 0.6) is 0 Å². The van der Waals surface area contributed by atoms with Crippen molar-refractivity contribution in [1.29, 1.82) is 0 Å². The van der Waals surface area contributed by atoms with Crippen LogP contribution in [0.2, 0.25) is 0 Å². The fourth-order valence-electron chi connectivity index (χ4n) is 2.52. The van der Waals surface area contributed by atoms with Gasteiger partial charge in [0.15, 0.2) is 0 Å². The number of hydrogen-bond acceptors (Lipinski definition) is 0. The van der Waals surface area contributed by atoms with E-state index in [2.05, 4.69) is 20.8 Å². The van der Waals surface area contributed by atoms with Crippen molar-refractivity contribution in [1.82, 2.24) is 0 Å². The van der Waals surface area contributed by atoms with Gasteiger partial charge >= 0.3 is 0 Å². The van der Waals surface area contributed by atoms with E-state index in [0.717, 1.165) is 17.8 Å². The van der Waals surface area contributed by atoms with E-state index in [1.165, 1.54) is 32.1 Å². The highest BCUT2D eigenvalue weighted by Crippen LogP contribution is 2.39. The molecule has 11 heavy (non-hydrogen) atoms. The molecule has 0 aliphatic heterocycles. The standard InChI is InChI=1S/C11H22/c1-4-5-6-11-9(2)7-8-10(11)3/h9-11H,4-8H2,1-3H3. The Kier molecular flexibility index (Phi) is 3.42. The van der Waals surface area contributed by atoms with E-state index in [0.29, 0.717) is 0 Å². The first-order valence-electron chi connectivity index (χ1n) is 5.25. The minimum absolute atomic E-state index is 1.01. The van der Waals surface area contributed by atoms with Gasteiger partial charge in [0, 0.05) is 0 Å². The predicted octanol–water partition coefficient (Wildman–Crippen LogP) is 3.86. The summed E-state index contributed by atoms with van der Waals surface area (Å²) in [6.45, 7) is 7.16. The third-order valence-electron chi connectivity index (χ3n) is 3.43. The van der Waals surface area contributed by atoms with Gasteiger partial charge in [0.05, 0.1) is 0 Å². The molecule has 1 rings (SSSR count). The Hall–Kier alpha value is 0. The maximum atomic E-state index is 2.43. The Labute approximate surface area is 71.4 Å². The molecule has 0 aromatic heterocycles. The molecule has 0 heteroatoms. The minimum atomic E-state index is 1.01. The van der Waals surface area contributed by atoms with E-state index in [4.69, 9.17) is 0 Å². The number of rotatable bonds is 3. The van der Waals surface area contributed by atoms with Gasteiger partial charge in [-0.2, -0.15) is 0 Å². The molecular formula is C11H22. The second-order valence-electron chi connectivity index (χ2n) is 4.34. The Bertz CT molecular complexity index is 96.6. The van der Waals surface area contributed by atoms with Crippen molar-refractivity contribution in [3.8, 4) is 0 Å². The first-order valence-corrected chi connectivity index (χ1v) is 5.25. The zero-order valence-corrected chi connectivity index (χ0v) is 8.27. The third-order valence-corrected chi connectivity index (χ3v) is 3.43. The molecule has 0 nitrogen and oxygen atoms in total. The van der Waals surface area contributed by atoms with E-state index in [1.807, 2.05) is 0 Å². The zero-order valence-electron chi connectivity index (χ0n) is 8.27. The monoisotopic (exact) mass is 154 g/mol. The van der Waals surface area contributed by atoms with Crippen molar-refractivity contribution >= 4 is 0 Å². The van der Waals surface area contributed by atoms with E-state index >= 15 is 0 Å². The summed E-state index contributed by atoms with van der Waals surface area (Å²) in [5.74, 6) is 3.07. The average molecular weight is 154 g/mol. The van der Waals surface area contributed by atoms with Crippen molar-refractivity contribution < 1.29 is 0 Å². The van der Waals surface area contributed by atoms with Crippen LogP contribution in [0.3, 0.4) is 0 Å². The summed E-state index contributed by atoms with van der Waals surface area (Å²) in [6.07, 6.45) is 7.26. The maximum absolute atomic E-state index is 2.43. The van der Waals surface area contributed by atoms with Crippen molar-refractivity contribution in [2.24, 2.45) is 17.8 Å². The van der Waals surface area contributed by atoms with E-state index in [9.17, 15) is 0 Å². The van der Waals surface area contributed by atoms with Crippen LogP contribution >= 0.6 is 0 Å². The lowest BCUT2D eigenvalue weighted by Gasteiger charge is -2.19. The van der Waals surface area contributed by atoms with Gasteiger partial charge in [0.1, 0.15) is 0 Å². The van der Waals surface area contributed by atoms with Crippen LogP contribution in [0, 0.1) is 17.8 Å². The summed E-state index contributed by atoms with van der Waals surface area (Å²) >= 11 is 0. The fourth-order valence-corrected chi connectivity index (χ4v) is 2.52. The van der Waals surface area contributed by atoms with Crippen molar-refractivity contribution in [3.63, 3.8) is 0 Å². The van der Waals surface area contributed by atoms with Crippen molar-refractivity contribution in [2.45, 2.75) is 52.9 Å². The third kappa shape index (κ3) is 2.21. The van der Waals surface area contributed by atoms with Gasteiger partial charge in [-0.3, -0.25) is 0 Å². The molecule has 2 unspecified atom stereocenters. The highest BCUT2D eigenvalue weighted by atomic mass is 14.3. The first-order chi connectivity index (χ1) is 5.25. The van der Waals surface area contributed by atoms with Crippen LogP contribution in [0.25, 0.3) is 0 Å². The van der Waals surface area contributed by atoms with Crippen molar-refractivity contribution in [2.75, 3.05) is 0 Å². The quantitative estimate of drug-likeness (QED) is 0.579. The first kappa shape index (κ1) is 9.09. The lowest BCUT2D eigenvalue weighted by molar-refractivity contribution is 0.315. The topological polar surface area (TPSA) is 0 Å². The van der Waals surface area contributed by atoms with Gasteiger partial charge in [0.25, 0.3) is 0 Å². The number of unbranched alkanes of at least 4 members (excludes halogenated alkanes) is 1. The van der Waals surface area contributed by atoms with Gasteiger partial charge in [-0.25, -0.2) is 0 Å². The van der Waals surface area contributed by atoms with Crippen LogP contribution in [0.15, 0.2) is 0 Å². The summed E-state index contributed by atoms with van der Waals surface area (Å²) in [5, 5.41) is 0. The fraction of sp³-hybridized carbons (Fsp3) is 1.00. The predicted molar refractivity (Wildman–Crippen MR) is 50.6 cm³/mol. The normalized spacial score (nSPS) is 37.9. The summed E-state index contributed by atoms with van der Waals surface area (Å²) in [4.78, 5) is 0. The molecule has 0 bridgehead atoms. The second kappa shape index (κ2) is 4.13. The van der Waals surface area contributed by atoms with Crippen LogP contribution in [-0.4, -0.2) is 0 Å². The van der Waals surface area contributed by atoms with Crippen LogP contribution in [0.1, 0.15) is 52.9 Å². The SMILES string of the molecule is CCCCC1C(C)CCC1C. The van der Waals surface area contributed by atoms with Gasteiger partial charge in [-0.1, -0.05) is 46.5 Å². The van der Waals surface area contributed by atoms with Crippen LogP contribution in [-0.2, 0) is 0 Å². The summed E-state index contributed by atoms with van der Waals surface area (Å²) in [6, 6.07) is 0. The van der Waals surface area contributed by atoms with Crippen molar-refractivity contribution in [3.05, 3.63) is 0 Å². The van der Waals surface area contributed by atoms with E-state index < -0.39 is 0 Å². The summed E-state index contributed by atoms with van der Waals surface area (Å²) in [5.41, 5.74) is 0. The lowest BCUT2D eigenvalue weighted by atomic mass is 9.87. The highest BCUT2D eigenvalue weighted by Gasteiger charge is 2.28. The summed E-state index contributed by atoms with van der Waals surface area (Å²) in [7, 11) is 0. The molecule has 66 valence electrons. The molecule has 0 aromatic carbocycles. The summed E-state index contributed by atoms with van der Waals surface area (Å²) < 4.78 is 0. The highest BCUT2D eigenvalue weighted by molar-refractivity contribution is 4.79. The van der Waals surface area contributed by atoms with E-state index in [1.54, 1.807) is 0 Å². The molecule has 2 atom stereocenters. The Balaban J connectivity index is 2.29. The molecule has 0 saturated heterocycles. The molecule has 0 aromatic rings. The van der Waals surface area contributed by atoms with E-state index in [-0.39, 0.29) is 0 Å². The zero-order chi connectivity index (χ0) is 8.27. The van der Waals surface area contributed by atoms with Crippen LogP contribution < -0.4 is 0 Å². The van der Waals surface area contributed by atoms with Gasteiger partial charge in [-0.05, 0) is 24.2 Å². The van der Waals surface area contributed by atoms with Gasteiger partial charge in [0.2, 0.25) is 0 Å². The minimum Gasteiger partial charge on any atom is -0.0654 e. The van der Waals surface area contributed by atoms with Gasteiger partial charge < -0.3 is 0 Å². The molecule has 1 fully saturated rings. The smallest absolute Gasteiger partial charge is 0.0363 e. The number of hydrogen-bond donors (Lipinski definition) is 0. The molecule has 0 spiro atoms. The molecular weight excluding hydrogens is 132 g/mol. The second-order valence-corrected chi connectivity index (χ2v) is 4.34. The van der Waals surface area contributed by atoms with Crippen LogP contribution in [0.4, 0.5) is 0 Å². The molecule has 1 aliphatic carbocycles. The molecule has 1 saturated carbocycles. The lowest BCUT2D eigenvalue weighted by Crippen LogP contribution is -2.10. The Morgan fingerprint density at radius 1 is 1.09 bits per heavy atom. The molecule has 0 amide bonds. The van der Waals surface area contributed by atoms with Gasteiger partial charge in [-0.15, -0.1) is 0 Å². The molecule has 0 heterocycles. The molecule has 0 N–H and O–H groups in total. The Morgan fingerprint density at radius 3 is 2.09 bits per heavy atom. The molecule has 1 aliphatic rings.